The average Bonchev–Trinajstić information content (AvgIpc) is 2.60. The average molecular weight is 357 g/mol. The van der Waals surface area contributed by atoms with Gasteiger partial charge in [0.1, 0.15) is 0 Å². The molecule has 142 valence electrons. The van der Waals surface area contributed by atoms with Crippen molar-refractivity contribution >= 4 is 11.9 Å². The van der Waals surface area contributed by atoms with Crippen LogP contribution in [0.5, 0.6) is 0 Å². The molecule has 1 heterocycles. The van der Waals surface area contributed by atoms with E-state index in [0.717, 1.165) is 12.0 Å². The van der Waals surface area contributed by atoms with E-state index in [1.54, 1.807) is 4.90 Å². The Morgan fingerprint density at radius 1 is 0.962 bits per heavy atom. The SMILES string of the molecule is CC(C)(C)NC(=O)N1CCN(C(=O)Cc2ccc3c(c2)CCCC3)CC1. The monoisotopic (exact) mass is 357 g/mol. The normalized spacial score (nSPS) is 17.7. The van der Waals surface area contributed by atoms with E-state index >= 15 is 0 Å². The van der Waals surface area contributed by atoms with Gasteiger partial charge >= 0.3 is 6.03 Å². The highest BCUT2D eigenvalue weighted by atomic mass is 16.2. The molecule has 1 N–H and O–H groups in total. The molecule has 0 unspecified atom stereocenters. The highest BCUT2D eigenvalue weighted by Crippen LogP contribution is 2.22. The summed E-state index contributed by atoms with van der Waals surface area (Å²) in [4.78, 5) is 28.6. The molecule has 0 spiro atoms. The van der Waals surface area contributed by atoms with Crippen LogP contribution < -0.4 is 5.32 Å². The molecule has 1 saturated heterocycles. The second-order valence-electron chi connectivity index (χ2n) is 8.53. The fraction of sp³-hybridized carbons (Fsp3) is 0.619. The predicted octanol–water partition coefficient (Wildman–Crippen LogP) is 2.76. The molecule has 3 amide bonds. The highest BCUT2D eigenvalue weighted by molar-refractivity contribution is 5.80. The molecule has 26 heavy (non-hydrogen) atoms. The van der Waals surface area contributed by atoms with Crippen molar-refractivity contribution in [2.45, 2.75) is 58.4 Å². The molecule has 1 fully saturated rings. The fourth-order valence-electron chi connectivity index (χ4n) is 3.74. The summed E-state index contributed by atoms with van der Waals surface area (Å²) >= 11 is 0. The number of piperazine rings is 1. The molecular formula is C21H31N3O2. The Bertz CT molecular complexity index is 670. The third-order valence-corrected chi connectivity index (χ3v) is 5.17. The number of urea groups is 1. The van der Waals surface area contributed by atoms with Crippen molar-refractivity contribution < 1.29 is 9.59 Å². The van der Waals surface area contributed by atoms with E-state index in [1.807, 2.05) is 25.7 Å². The summed E-state index contributed by atoms with van der Waals surface area (Å²) in [7, 11) is 0. The van der Waals surface area contributed by atoms with Gasteiger partial charge in [-0.25, -0.2) is 4.79 Å². The van der Waals surface area contributed by atoms with Gasteiger partial charge < -0.3 is 15.1 Å². The zero-order valence-electron chi connectivity index (χ0n) is 16.3. The number of hydrogen-bond donors (Lipinski definition) is 1. The summed E-state index contributed by atoms with van der Waals surface area (Å²) in [6, 6.07) is 6.49. The number of nitrogens with zero attached hydrogens (tertiary/aromatic N) is 2. The molecular weight excluding hydrogens is 326 g/mol. The summed E-state index contributed by atoms with van der Waals surface area (Å²) in [5.74, 6) is 0.164. The van der Waals surface area contributed by atoms with E-state index < -0.39 is 0 Å². The summed E-state index contributed by atoms with van der Waals surface area (Å²) in [5, 5.41) is 2.99. The summed E-state index contributed by atoms with van der Waals surface area (Å²) in [6.07, 6.45) is 5.30. The number of carbonyl (C=O) groups is 2. The van der Waals surface area contributed by atoms with Crippen LogP contribution in [0.15, 0.2) is 18.2 Å². The molecule has 2 aliphatic rings. The van der Waals surface area contributed by atoms with E-state index in [2.05, 4.69) is 23.5 Å². The number of fused-ring (bicyclic) bond motifs is 1. The highest BCUT2D eigenvalue weighted by Gasteiger charge is 2.26. The largest absolute Gasteiger partial charge is 0.339 e. The predicted molar refractivity (Wildman–Crippen MR) is 103 cm³/mol. The van der Waals surface area contributed by atoms with Crippen LogP contribution in [0.25, 0.3) is 0 Å². The third kappa shape index (κ3) is 4.77. The molecule has 1 aliphatic carbocycles. The quantitative estimate of drug-likeness (QED) is 0.885. The first-order valence-electron chi connectivity index (χ1n) is 9.77. The van der Waals surface area contributed by atoms with Crippen LogP contribution in [0.3, 0.4) is 0 Å². The first-order valence-corrected chi connectivity index (χ1v) is 9.77. The zero-order valence-corrected chi connectivity index (χ0v) is 16.3. The zero-order chi connectivity index (χ0) is 18.7. The Labute approximate surface area is 156 Å². The van der Waals surface area contributed by atoms with Gasteiger partial charge in [0, 0.05) is 31.7 Å². The Morgan fingerprint density at radius 2 is 1.58 bits per heavy atom. The van der Waals surface area contributed by atoms with E-state index in [4.69, 9.17) is 0 Å². The van der Waals surface area contributed by atoms with Gasteiger partial charge in [-0.05, 0) is 63.1 Å². The lowest BCUT2D eigenvalue weighted by molar-refractivity contribution is -0.131. The van der Waals surface area contributed by atoms with Crippen LogP contribution in [0.2, 0.25) is 0 Å². The molecule has 0 bridgehead atoms. The Kier molecular flexibility index (Phi) is 5.54. The maximum Gasteiger partial charge on any atom is 0.317 e. The van der Waals surface area contributed by atoms with Crippen molar-refractivity contribution in [1.29, 1.82) is 0 Å². The lowest BCUT2D eigenvalue weighted by Crippen LogP contribution is -2.56. The number of amides is 3. The van der Waals surface area contributed by atoms with Crippen molar-refractivity contribution in [3.8, 4) is 0 Å². The summed E-state index contributed by atoms with van der Waals surface area (Å²) < 4.78 is 0. The molecule has 0 aromatic heterocycles. The standard InChI is InChI=1S/C21H31N3O2/c1-21(2,3)22-20(26)24-12-10-23(11-13-24)19(25)15-16-8-9-17-6-4-5-7-18(17)14-16/h8-9,14H,4-7,10-13,15H2,1-3H3,(H,22,26). The van der Waals surface area contributed by atoms with Gasteiger partial charge in [-0.1, -0.05) is 18.2 Å². The molecule has 0 saturated carbocycles. The van der Waals surface area contributed by atoms with Gasteiger partial charge in [0.05, 0.1) is 6.42 Å². The maximum atomic E-state index is 12.6. The minimum Gasteiger partial charge on any atom is -0.339 e. The van der Waals surface area contributed by atoms with Gasteiger partial charge in [-0.2, -0.15) is 0 Å². The molecule has 1 aliphatic heterocycles. The Morgan fingerprint density at radius 3 is 2.23 bits per heavy atom. The van der Waals surface area contributed by atoms with Gasteiger partial charge in [0.2, 0.25) is 5.91 Å². The Hall–Kier alpha value is -2.04. The topological polar surface area (TPSA) is 52.7 Å². The minimum absolute atomic E-state index is 0.0423. The van der Waals surface area contributed by atoms with Crippen molar-refractivity contribution in [1.82, 2.24) is 15.1 Å². The van der Waals surface area contributed by atoms with E-state index in [9.17, 15) is 9.59 Å². The summed E-state index contributed by atoms with van der Waals surface area (Å²) in [5.41, 5.74) is 3.75. The number of nitrogens with one attached hydrogen (secondary N) is 1. The fourth-order valence-corrected chi connectivity index (χ4v) is 3.74. The second-order valence-corrected chi connectivity index (χ2v) is 8.53. The maximum absolute atomic E-state index is 12.6. The van der Waals surface area contributed by atoms with Crippen molar-refractivity contribution in [3.63, 3.8) is 0 Å². The van der Waals surface area contributed by atoms with Gasteiger partial charge in [-0.15, -0.1) is 0 Å². The second kappa shape index (κ2) is 7.68. The lowest BCUT2D eigenvalue weighted by Gasteiger charge is -2.36. The molecule has 3 rings (SSSR count). The lowest BCUT2D eigenvalue weighted by atomic mass is 9.90. The van der Waals surface area contributed by atoms with Crippen LogP contribution in [0, 0.1) is 0 Å². The van der Waals surface area contributed by atoms with Gasteiger partial charge in [0.25, 0.3) is 0 Å². The van der Waals surface area contributed by atoms with Crippen LogP contribution in [0.4, 0.5) is 4.79 Å². The van der Waals surface area contributed by atoms with Gasteiger partial charge in [-0.3, -0.25) is 4.79 Å². The number of hydrogen-bond acceptors (Lipinski definition) is 2. The van der Waals surface area contributed by atoms with Crippen molar-refractivity contribution in [3.05, 3.63) is 34.9 Å². The van der Waals surface area contributed by atoms with Crippen LogP contribution in [-0.2, 0) is 24.1 Å². The Balaban J connectivity index is 1.52. The van der Waals surface area contributed by atoms with Crippen molar-refractivity contribution in [2.75, 3.05) is 26.2 Å². The molecule has 5 nitrogen and oxygen atoms in total. The van der Waals surface area contributed by atoms with Gasteiger partial charge in [0.15, 0.2) is 0 Å². The molecule has 5 heteroatoms. The van der Waals surface area contributed by atoms with E-state index in [-0.39, 0.29) is 17.5 Å². The smallest absolute Gasteiger partial charge is 0.317 e. The van der Waals surface area contributed by atoms with Crippen molar-refractivity contribution in [2.24, 2.45) is 0 Å². The van der Waals surface area contributed by atoms with Crippen LogP contribution in [0.1, 0.15) is 50.3 Å². The number of benzene rings is 1. The van der Waals surface area contributed by atoms with E-state index in [0.29, 0.717) is 32.6 Å². The molecule has 0 atom stereocenters. The number of rotatable bonds is 2. The first kappa shape index (κ1) is 18.7. The molecule has 1 aromatic carbocycles. The molecule has 1 aromatic rings. The summed E-state index contributed by atoms with van der Waals surface area (Å²) in [6.45, 7) is 8.34. The molecule has 0 radical (unpaired) electrons. The minimum atomic E-state index is -0.240. The number of carbonyl (C=O) groups excluding carboxylic acids is 2. The van der Waals surface area contributed by atoms with Crippen LogP contribution in [-0.4, -0.2) is 53.5 Å². The van der Waals surface area contributed by atoms with E-state index in [1.165, 1.54) is 30.4 Å². The van der Waals surface area contributed by atoms with Crippen LogP contribution >= 0.6 is 0 Å². The third-order valence-electron chi connectivity index (χ3n) is 5.17. The number of aryl methyl sites for hydroxylation is 2. The first-order chi connectivity index (χ1) is 12.3.